The number of nitrogens with zero attached hydrogens (tertiary/aromatic N) is 1. The minimum Gasteiger partial charge on any atom is -0.313 e. The van der Waals surface area contributed by atoms with Crippen LogP contribution in [0.2, 0.25) is 0 Å². The standard InChI is InChI=1S/C8H14N2.2BrH/c1-10-5-7-2-3-9-4-8(7)6-10;;/h9H,2-6H2,1H3;2*1H. The molecule has 2 aliphatic heterocycles. The fraction of sp³-hybridized carbons (Fsp3) is 0.750. The van der Waals surface area contributed by atoms with Gasteiger partial charge in [-0.15, -0.1) is 34.0 Å². The smallest absolute Gasteiger partial charge is 0.0209 e. The summed E-state index contributed by atoms with van der Waals surface area (Å²) >= 11 is 0. The molecule has 0 unspecified atom stereocenters. The number of rotatable bonds is 0. The monoisotopic (exact) mass is 298 g/mol. The highest BCUT2D eigenvalue weighted by molar-refractivity contribution is 8.93. The summed E-state index contributed by atoms with van der Waals surface area (Å²) in [6, 6.07) is 0. The Bertz CT molecular complexity index is 162. The van der Waals surface area contributed by atoms with Gasteiger partial charge in [-0.25, -0.2) is 0 Å². The van der Waals surface area contributed by atoms with E-state index in [-0.39, 0.29) is 34.0 Å². The summed E-state index contributed by atoms with van der Waals surface area (Å²) in [5, 5.41) is 3.39. The average molecular weight is 300 g/mol. The van der Waals surface area contributed by atoms with E-state index in [1.54, 1.807) is 11.1 Å². The lowest BCUT2D eigenvalue weighted by atomic mass is 10.1. The van der Waals surface area contributed by atoms with Crippen LogP contribution in [0.1, 0.15) is 6.42 Å². The molecule has 12 heavy (non-hydrogen) atoms. The molecule has 2 nitrogen and oxygen atoms in total. The second-order valence-corrected chi connectivity index (χ2v) is 3.31. The van der Waals surface area contributed by atoms with Gasteiger partial charge in [-0.05, 0) is 25.6 Å². The summed E-state index contributed by atoms with van der Waals surface area (Å²) in [6.45, 7) is 4.74. The topological polar surface area (TPSA) is 15.3 Å². The molecule has 1 N–H and O–H groups in total. The van der Waals surface area contributed by atoms with Crippen molar-refractivity contribution in [2.24, 2.45) is 0 Å². The summed E-state index contributed by atoms with van der Waals surface area (Å²) in [5.74, 6) is 0. The predicted octanol–water partition coefficient (Wildman–Crippen LogP) is 1.38. The number of likely N-dealkylation sites (N-methyl/N-ethyl adjacent to an activating group) is 1. The fourth-order valence-electron chi connectivity index (χ4n) is 1.85. The van der Waals surface area contributed by atoms with Gasteiger partial charge in [-0.3, -0.25) is 4.90 Å². The fourth-order valence-corrected chi connectivity index (χ4v) is 1.85. The van der Waals surface area contributed by atoms with Crippen LogP contribution < -0.4 is 5.32 Å². The summed E-state index contributed by atoms with van der Waals surface area (Å²) in [5.41, 5.74) is 3.34. The summed E-state index contributed by atoms with van der Waals surface area (Å²) in [6.07, 6.45) is 1.28. The molecule has 0 aromatic rings. The van der Waals surface area contributed by atoms with Crippen molar-refractivity contribution in [2.45, 2.75) is 6.42 Å². The SMILES string of the molecule is Br.Br.CN1CC2=C(CNCC2)C1. The zero-order chi connectivity index (χ0) is 6.97. The lowest BCUT2D eigenvalue weighted by Crippen LogP contribution is -2.24. The maximum atomic E-state index is 3.39. The van der Waals surface area contributed by atoms with E-state index in [0.717, 1.165) is 6.54 Å². The summed E-state index contributed by atoms with van der Waals surface area (Å²) < 4.78 is 0. The number of hydrogen-bond donors (Lipinski definition) is 1. The highest BCUT2D eigenvalue weighted by Crippen LogP contribution is 2.20. The van der Waals surface area contributed by atoms with Crippen LogP contribution in [-0.4, -0.2) is 38.1 Å². The molecule has 0 bridgehead atoms. The molecule has 72 valence electrons. The molecule has 0 aromatic carbocycles. The first kappa shape index (κ1) is 12.6. The molecule has 2 aliphatic rings. The van der Waals surface area contributed by atoms with Crippen molar-refractivity contribution in [2.75, 3.05) is 33.2 Å². The Morgan fingerprint density at radius 3 is 2.50 bits per heavy atom. The van der Waals surface area contributed by atoms with Gasteiger partial charge in [-0.2, -0.15) is 0 Å². The predicted molar refractivity (Wildman–Crippen MR) is 62.7 cm³/mol. The first-order valence-corrected chi connectivity index (χ1v) is 3.95. The van der Waals surface area contributed by atoms with E-state index in [9.17, 15) is 0 Å². The summed E-state index contributed by atoms with van der Waals surface area (Å²) in [4.78, 5) is 2.39. The second kappa shape index (κ2) is 5.37. The third kappa shape index (κ3) is 2.55. The Balaban J connectivity index is 0.000000605. The Morgan fingerprint density at radius 2 is 1.83 bits per heavy atom. The minimum atomic E-state index is 0. The van der Waals surface area contributed by atoms with Crippen LogP contribution in [0.15, 0.2) is 11.1 Å². The van der Waals surface area contributed by atoms with Crippen LogP contribution in [0.25, 0.3) is 0 Å². The normalized spacial score (nSPS) is 22.8. The summed E-state index contributed by atoms with van der Waals surface area (Å²) in [7, 11) is 2.19. The van der Waals surface area contributed by atoms with Crippen molar-refractivity contribution in [1.82, 2.24) is 10.2 Å². The third-order valence-corrected chi connectivity index (χ3v) is 2.36. The maximum Gasteiger partial charge on any atom is 0.0209 e. The number of halogens is 2. The highest BCUT2D eigenvalue weighted by atomic mass is 79.9. The molecule has 0 saturated carbocycles. The van der Waals surface area contributed by atoms with E-state index in [1.165, 1.54) is 26.1 Å². The lowest BCUT2D eigenvalue weighted by molar-refractivity contribution is 0.423. The van der Waals surface area contributed by atoms with Crippen molar-refractivity contribution in [3.8, 4) is 0 Å². The third-order valence-electron chi connectivity index (χ3n) is 2.36. The largest absolute Gasteiger partial charge is 0.313 e. The van der Waals surface area contributed by atoms with E-state index >= 15 is 0 Å². The molecule has 0 saturated heterocycles. The van der Waals surface area contributed by atoms with Crippen LogP contribution in [0.4, 0.5) is 0 Å². The molecule has 0 amide bonds. The molecular weight excluding hydrogens is 284 g/mol. The molecule has 0 aliphatic carbocycles. The molecule has 0 aromatic heterocycles. The van der Waals surface area contributed by atoms with E-state index in [4.69, 9.17) is 0 Å². The first-order chi connectivity index (χ1) is 4.86. The van der Waals surface area contributed by atoms with Crippen molar-refractivity contribution in [3.05, 3.63) is 11.1 Å². The van der Waals surface area contributed by atoms with Crippen LogP contribution >= 0.6 is 34.0 Å². The van der Waals surface area contributed by atoms with Crippen LogP contribution in [0, 0.1) is 0 Å². The van der Waals surface area contributed by atoms with E-state index < -0.39 is 0 Å². The molecule has 0 atom stereocenters. The van der Waals surface area contributed by atoms with Gasteiger partial charge in [-0.1, -0.05) is 5.57 Å². The van der Waals surface area contributed by atoms with Crippen LogP contribution in [0.5, 0.6) is 0 Å². The zero-order valence-electron chi connectivity index (χ0n) is 7.30. The van der Waals surface area contributed by atoms with E-state index in [0.29, 0.717) is 0 Å². The molecule has 2 rings (SSSR count). The Labute approximate surface area is 94.9 Å². The van der Waals surface area contributed by atoms with Crippen LogP contribution in [0.3, 0.4) is 0 Å². The molecule has 0 radical (unpaired) electrons. The van der Waals surface area contributed by atoms with Gasteiger partial charge in [0.05, 0.1) is 0 Å². The van der Waals surface area contributed by atoms with E-state index in [1.807, 2.05) is 0 Å². The lowest BCUT2D eigenvalue weighted by Gasteiger charge is -2.13. The van der Waals surface area contributed by atoms with Gasteiger partial charge >= 0.3 is 0 Å². The molecule has 0 spiro atoms. The Kier molecular flexibility index (Phi) is 5.65. The quantitative estimate of drug-likeness (QED) is 0.680. The molecular formula is C8H16Br2N2. The van der Waals surface area contributed by atoms with Gasteiger partial charge in [0, 0.05) is 19.6 Å². The molecule has 0 fully saturated rings. The van der Waals surface area contributed by atoms with Crippen molar-refractivity contribution in [1.29, 1.82) is 0 Å². The van der Waals surface area contributed by atoms with Gasteiger partial charge in [0.2, 0.25) is 0 Å². The van der Waals surface area contributed by atoms with E-state index in [2.05, 4.69) is 17.3 Å². The zero-order valence-corrected chi connectivity index (χ0v) is 10.7. The van der Waals surface area contributed by atoms with Gasteiger partial charge in [0.25, 0.3) is 0 Å². The van der Waals surface area contributed by atoms with Crippen LogP contribution in [-0.2, 0) is 0 Å². The number of hydrogen-bond acceptors (Lipinski definition) is 2. The van der Waals surface area contributed by atoms with Gasteiger partial charge < -0.3 is 5.32 Å². The minimum absolute atomic E-state index is 0. The van der Waals surface area contributed by atoms with Crippen molar-refractivity contribution in [3.63, 3.8) is 0 Å². The molecule has 2 heterocycles. The average Bonchev–Trinajstić information content (AvgIpc) is 2.27. The first-order valence-electron chi connectivity index (χ1n) is 3.95. The van der Waals surface area contributed by atoms with Crippen molar-refractivity contribution >= 4 is 34.0 Å². The van der Waals surface area contributed by atoms with Gasteiger partial charge in [0.1, 0.15) is 0 Å². The van der Waals surface area contributed by atoms with Crippen molar-refractivity contribution < 1.29 is 0 Å². The van der Waals surface area contributed by atoms with Gasteiger partial charge in [0.15, 0.2) is 0 Å². The second-order valence-electron chi connectivity index (χ2n) is 3.31. The Hall–Kier alpha value is 0.620. The Morgan fingerprint density at radius 1 is 1.17 bits per heavy atom. The maximum absolute atomic E-state index is 3.39. The highest BCUT2D eigenvalue weighted by Gasteiger charge is 2.20. The number of nitrogens with one attached hydrogen (secondary N) is 1. The molecule has 4 heteroatoms.